The number of fused-ring (bicyclic) bond motifs is 5. The average Bonchev–Trinajstić information content (AvgIpc) is 3.05. The molecule has 0 atom stereocenters. The van der Waals surface area contributed by atoms with Gasteiger partial charge in [-0.05, 0) is 46.2 Å². The highest BCUT2D eigenvalue weighted by molar-refractivity contribution is 6.20. The van der Waals surface area contributed by atoms with Crippen molar-refractivity contribution >= 4 is 22.2 Å². The lowest BCUT2D eigenvalue weighted by atomic mass is 9.80. The molecule has 3 aromatic carbocycles. The molecule has 1 nitrogen and oxygen atoms in total. The topological polar surface area (TPSA) is 12.4 Å². The summed E-state index contributed by atoms with van der Waals surface area (Å²) in [5.41, 5.74) is 9.20. The average molecular weight is 313 g/mol. The van der Waals surface area contributed by atoms with E-state index >= 15 is 0 Å². The predicted molar refractivity (Wildman–Crippen MR) is 106 cm³/mol. The van der Waals surface area contributed by atoms with Crippen molar-refractivity contribution in [3.05, 3.63) is 54.1 Å². The third kappa shape index (κ3) is 1.73. The van der Waals surface area contributed by atoms with E-state index in [9.17, 15) is 0 Å². The molecule has 1 aliphatic heterocycles. The summed E-state index contributed by atoms with van der Waals surface area (Å²) in [4.78, 5) is 4.92. The quantitative estimate of drug-likeness (QED) is 0.335. The van der Waals surface area contributed by atoms with Gasteiger partial charge in [0.1, 0.15) is 0 Å². The van der Waals surface area contributed by atoms with Crippen LogP contribution in [0.5, 0.6) is 0 Å². The molecule has 0 unspecified atom stereocenters. The number of nitrogens with zero attached hydrogens (tertiary/aromatic N) is 1. The van der Waals surface area contributed by atoms with Crippen LogP contribution in [0.4, 0.5) is 5.69 Å². The zero-order valence-electron chi connectivity index (χ0n) is 15.1. The Balaban J connectivity index is 0.000000704. The van der Waals surface area contributed by atoms with Gasteiger partial charge in [-0.15, -0.1) is 0 Å². The summed E-state index contributed by atoms with van der Waals surface area (Å²) in [6.07, 6.45) is 0. The molecule has 1 aliphatic carbocycles. The Morgan fingerprint density at radius 1 is 0.792 bits per heavy atom. The molecule has 120 valence electrons. The van der Waals surface area contributed by atoms with Crippen molar-refractivity contribution in [2.24, 2.45) is 4.99 Å². The van der Waals surface area contributed by atoms with Crippen LogP contribution in [-0.4, -0.2) is 5.71 Å². The molecule has 3 aromatic rings. The highest BCUT2D eigenvalue weighted by Gasteiger charge is 2.35. The summed E-state index contributed by atoms with van der Waals surface area (Å²) < 4.78 is 0. The van der Waals surface area contributed by atoms with E-state index in [1.54, 1.807) is 0 Å². The summed E-state index contributed by atoms with van der Waals surface area (Å²) in [5, 5.41) is 2.67. The van der Waals surface area contributed by atoms with Crippen molar-refractivity contribution in [1.82, 2.24) is 0 Å². The maximum absolute atomic E-state index is 4.92. The molecule has 2 aliphatic rings. The Morgan fingerprint density at radius 2 is 1.42 bits per heavy atom. The lowest BCUT2D eigenvalue weighted by Gasteiger charge is -2.21. The lowest BCUT2D eigenvalue weighted by molar-refractivity contribution is 0.734. The van der Waals surface area contributed by atoms with E-state index in [2.05, 4.69) is 69.3 Å². The minimum atomic E-state index is 0.0214. The molecule has 0 fully saturated rings. The molecule has 0 spiro atoms. The van der Waals surface area contributed by atoms with Crippen LogP contribution in [0.25, 0.3) is 33.0 Å². The van der Waals surface area contributed by atoms with E-state index in [-0.39, 0.29) is 5.41 Å². The van der Waals surface area contributed by atoms with Crippen LogP contribution in [0.15, 0.2) is 53.5 Å². The second-order valence-electron chi connectivity index (χ2n) is 6.92. The van der Waals surface area contributed by atoms with E-state index in [0.717, 1.165) is 0 Å². The highest BCUT2D eigenvalue weighted by Crippen LogP contribution is 2.53. The van der Waals surface area contributed by atoms with Crippen molar-refractivity contribution in [3.63, 3.8) is 0 Å². The van der Waals surface area contributed by atoms with Gasteiger partial charge in [0.2, 0.25) is 0 Å². The van der Waals surface area contributed by atoms with Crippen molar-refractivity contribution < 1.29 is 0 Å². The Morgan fingerprint density at radius 3 is 2.12 bits per heavy atom. The van der Waals surface area contributed by atoms with E-state index in [1.807, 2.05) is 13.8 Å². The number of aliphatic imine (C=N–C) groups is 1. The zero-order chi connectivity index (χ0) is 17.1. The van der Waals surface area contributed by atoms with Gasteiger partial charge in [-0.25, -0.2) is 0 Å². The minimum absolute atomic E-state index is 0.0214. The Labute approximate surface area is 144 Å². The standard InChI is InChI=1S/C21H17N.C2H6/c1-12-21(2,3)18-11-17-14-8-5-4-7-13(14)15-9-6-10-16(19(15)17)20(18)22-12;1-2/h4-11H,1-3H3;1-2H3. The Hall–Kier alpha value is -2.41. The van der Waals surface area contributed by atoms with Gasteiger partial charge in [-0.1, -0.05) is 70.2 Å². The van der Waals surface area contributed by atoms with E-state index < -0.39 is 0 Å². The van der Waals surface area contributed by atoms with Crippen molar-refractivity contribution in [1.29, 1.82) is 0 Å². The first-order valence-electron chi connectivity index (χ1n) is 8.85. The van der Waals surface area contributed by atoms with Gasteiger partial charge in [0.05, 0.1) is 5.69 Å². The summed E-state index contributed by atoms with van der Waals surface area (Å²) in [7, 11) is 0. The van der Waals surface area contributed by atoms with Gasteiger partial charge in [-0.2, -0.15) is 0 Å². The first kappa shape index (κ1) is 15.1. The van der Waals surface area contributed by atoms with Crippen LogP contribution in [0, 0.1) is 0 Å². The number of hydrogen-bond acceptors (Lipinski definition) is 1. The molecular weight excluding hydrogens is 290 g/mol. The van der Waals surface area contributed by atoms with Gasteiger partial charge in [0.15, 0.2) is 0 Å². The second-order valence-corrected chi connectivity index (χ2v) is 6.92. The van der Waals surface area contributed by atoms with Gasteiger partial charge in [0.25, 0.3) is 0 Å². The number of benzene rings is 3. The maximum atomic E-state index is 4.92. The van der Waals surface area contributed by atoms with Gasteiger partial charge >= 0.3 is 0 Å². The summed E-state index contributed by atoms with van der Waals surface area (Å²) in [6, 6.07) is 17.8. The second kappa shape index (κ2) is 5.04. The minimum Gasteiger partial charge on any atom is -0.256 e. The van der Waals surface area contributed by atoms with Crippen LogP contribution < -0.4 is 0 Å². The smallest absolute Gasteiger partial charge is 0.0749 e. The fourth-order valence-electron chi connectivity index (χ4n) is 3.96. The fourth-order valence-corrected chi connectivity index (χ4v) is 3.96. The Kier molecular flexibility index (Phi) is 3.18. The summed E-state index contributed by atoms with van der Waals surface area (Å²) in [6.45, 7) is 10.7. The van der Waals surface area contributed by atoms with Crippen molar-refractivity contribution in [2.45, 2.75) is 40.0 Å². The van der Waals surface area contributed by atoms with Crippen molar-refractivity contribution in [2.75, 3.05) is 0 Å². The molecule has 1 heteroatoms. The predicted octanol–water partition coefficient (Wildman–Crippen LogP) is 6.90. The summed E-state index contributed by atoms with van der Waals surface area (Å²) >= 11 is 0. The first-order valence-corrected chi connectivity index (χ1v) is 8.85. The molecular formula is C23H23N. The number of hydrogen-bond donors (Lipinski definition) is 0. The first-order chi connectivity index (χ1) is 11.6. The van der Waals surface area contributed by atoms with Crippen LogP contribution in [-0.2, 0) is 5.41 Å². The summed E-state index contributed by atoms with van der Waals surface area (Å²) in [5.74, 6) is 0. The molecule has 5 rings (SSSR count). The van der Waals surface area contributed by atoms with Crippen LogP contribution in [0.1, 0.15) is 40.2 Å². The maximum Gasteiger partial charge on any atom is 0.0749 e. The molecule has 0 bridgehead atoms. The third-order valence-electron chi connectivity index (χ3n) is 5.50. The lowest BCUT2D eigenvalue weighted by Crippen LogP contribution is -2.22. The fraction of sp³-hybridized carbons (Fsp3) is 0.261. The van der Waals surface area contributed by atoms with Crippen LogP contribution >= 0.6 is 0 Å². The SMILES string of the molecule is CC.CC1=Nc2c(cc3c4c(cccc24)-c2ccccc2-3)C1(C)C. The molecule has 0 saturated heterocycles. The molecule has 0 amide bonds. The Bertz CT molecular complexity index is 1010. The van der Waals surface area contributed by atoms with Gasteiger partial charge < -0.3 is 0 Å². The third-order valence-corrected chi connectivity index (χ3v) is 5.50. The van der Waals surface area contributed by atoms with Gasteiger partial charge in [-0.3, -0.25) is 4.99 Å². The molecule has 0 saturated carbocycles. The zero-order valence-corrected chi connectivity index (χ0v) is 15.1. The van der Waals surface area contributed by atoms with E-state index in [4.69, 9.17) is 4.99 Å². The molecule has 0 aromatic heterocycles. The highest BCUT2D eigenvalue weighted by atomic mass is 14.8. The van der Waals surface area contributed by atoms with Crippen LogP contribution in [0.3, 0.4) is 0 Å². The number of rotatable bonds is 0. The van der Waals surface area contributed by atoms with Crippen LogP contribution in [0.2, 0.25) is 0 Å². The molecule has 0 N–H and O–H groups in total. The van der Waals surface area contributed by atoms with Gasteiger partial charge in [0, 0.05) is 16.5 Å². The molecule has 24 heavy (non-hydrogen) atoms. The largest absolute Gasteiger partial charge is 0.256 e. The van der Waals surface area contributed by atoms with E-state index in [1.165, 1.54) is 50.0 Å². The molecule has 0 radical (unpaired) electrons. The van der Waals surface area contributed by atoms with Crippen molar-refractivity contribution in [3.8, 4) is 22.3 Å². The monoisotopic (exact) mass is 313 g/mol. The van der Waals surface area contributed by atoms with E-state index in [0.29, 0.717) is 0 Å². The molecule has 1 heterocycles. The normalized spacial score (nSPS) is 15.5.